The molecular formula is C12H13N3OS. The Hall–Kier alpha value is -1.59. The number of anilines is 1. The van der Waals surface area contributed by atoms with Crippen LogP contribution in [0.2, 0.25) is 0 Å². The lowest BCUT2D eigenvalue weighted by Gasteiger charge is -2.12. The van der Waals surface area contributed by atoms with Crippen LogP contribution in [0.25, 0.3) is 0 Å². The Morgan fingerprint density at radius 3 is 3.00 bits per heavy atom. The summed E-state index contributed by atoms with van der Waals surface area (Å²) < 4.78 is 0. The number of nitrogens with zero attached hydrogens (tertiary/aromatic N) is 1. The molecule has 1 aromatic carbocycles. The highest BCUT2D eigenvalue weighted by Crippen LogP contribution is 2.28. The van der Waals surface area contributed by atoms with Crippen LogP contribution in [0.15, 0.2) is 28.4 Å². The zero-order valence-electron chi connectivity index (χ0n) is 9.27. The van der Waals surface area contributed by atoms with Crippen LogP contribution >= 0.6 is 11.3 Å². The van der Waals surface area contributed by atoms with E-state index in [1.807, 2.05) is 17.5 Å². The summed E-state index contributed by atoms with van der Waals surface area (Å²) in [6.45, 7) is 2.53. The summed E-state index contributed by atoms with van der Waals surface area (Å²) in [5.74, 6) is 0. The number of fused-ring (bicyclic) bond motifs is 1. The Morgan fingerprint density at radius 1 is 1.41 bits per heavy atom. The maximum Gasteiger partial charge on any atom is 0.304 e. The van der Waals surface area contributed by atoms with E-state index in [1.165, 1.54) is 22.5 Å². The van der Waals surface area contributed by atoms with Crippen LogP contribution in [0.5, 0.6) is 0 Å². The molecule has 2 aromatic rings. The number of thiazole rings is 1. The highest BCUT2D eigenvalue weighted by atomic mass is 32.1. The van der Waals surface area contributed by atoms with Gasteiger partial charge in [0.1, 0.15) is 0 Å². The molecule has 0 atom stereocenters. The third-order valence-electron chi connectivity index (χ3n) is 3.05. The van der Waals surface area contributed by atoms with Gasteiger partial charge in [0.05, 0.1) is 0 Å². The second-order valence-electron chi connectivity index (χ2n) is 4.30. The highest BCUT2D eigenvalue weighted by molar-refractivity contribution is 7.07. The summed E-state index contributed by atoms with van der Waals surface area (Å²) in [6, 6.07) is 6.04. The van der Waals surface area contributed by atoms with Crippen molar-refractivity contribution in [3.63, 3.8) is 0 Å². The minimum absolute atomic E-state index is 0.0104. The molecule has 17 heavy (non-hydrogen) atoms. The first-order valence-corrected chi connectivity index (χ1v) is 6.35. The molecular weight excluding hydrogens is 234 g/mol. The van der Waals surface area contributed by atoms with Crippen LogP contribution < -0.4 is 10.6 Å². The molecule has 0 saturated heterocycles. The number of H-pyrrole nitrogens is 1. The maximum atomic E-state index is 11.1. The second-order valence-corrected chi connectivity index (χ2v) is 5.15. The predicted molar refractivity (Wildman–Crippen MR) is 68.7 cm³/mol. The van der Waals surface area contributed by atoms with Crippen molar-refractivity contribution >= 4 is 17.0 Å². The molecule has 3 rings (SSSR count). The van der Waals surface area contributed by atoms with Crippen molar-refractivity contribution in [2.75, 3.05) is 5.73 Å². The lowest BCUT2D eigenvalue weighted by Crippen LogP contribution is -2.16. The topological polar surface area (TPSA) is 62.1 Å². The number of hydrogen-bond acceptors (Lipinski definition) is 4. The van der Waals surface area contributed by atoms with Crippen LogP contribution in [0, 0.1) is 0 Å². The SMILES string of the molecule is Nc1cccc2c1CN(Cc1csc(=O)[nH]1)C2. The number of hydrogen-bond donors (Lipinski definition) is 2. The van der Waals surface area contributed by atoms with Gasteiger partial charge in [0, 0.05) is 36.4 Å². The van der Waals surface area contributed by atoms with E-state index in [0.717, 1.165) is 31.0 Å². The Bertz CT molecular complexity index is 602. The summed E-state index contributed by atoms with van der Waals surface area (Å²) in [6.07, 6.45) is 0. The molecule has 4 nitrogen and oxygen atoms in total. The Kier molecular flexibility index (Phi) is 2.49. The summed E-state index contributed by atoms with van der Waals surface area (Å²) >= 11 is 1.21. The summed E-state index contributed by atoms with van der Waals surface area (Å²) in [5, 5.41) is 1.88. The fourth-order valence-electron chi connectivity index (χ4n) is 2.26. The van der Waals surface area contributed by atoms with Crippen LogP contribution in [-0.4, -0.2) is 9.88 Å². The van der Waals surface area contributed by atoms with E-state index in [2.05, 4.69) is 16.0 Å². The van der Waals surface area contributed by atoms with E-state index in [4.69, 9.17) is 5.73 Å². The van der Waals surface area contributed by atoms with Crippen molar-refractivity contribution < 1.29 is 0 Å². The van der Waals surface area contributed by atoms with Crippen molar-refractivity contribution in [2.45, 2.75) is 19.6 Å². The molecule has 0 aliphatic carbocycles. The first kappa shape index (κ1) is 10.6. The Morgan fingerprint density at radius 2 is 2.29 bits per heavy atom. The van der Waals surface area contributed by atoms with Gasteiger partial charge in [0.25, 0.3) is 0 Å². The zero-order valence-corrected chi connectivity index (χ0v) is 10.1. The average molecular weight is 247 g/mol. The molecule has 1 aliphatic rings. The summed E-state index contributed by atoms with van der Waals surface area (Å²) in [4.78, 5) is 16.2. The molecule has 3 N–H and O–H groups in total. The van der Waals surface area contributed by atoms with Gasteiger partial charge in [-0.3, -0.25) is 9.69 Å². The van der Waals surface area contributed by atoms with Gasteiger partial charge < -0.3 is 10.7 Å². The predicted octanol–water partition coefficient (Wildman–Crippen LogP) is 1.53. The van der Waals surface area contributed by atoms with E-state index in [-0.39, 0.29) is 4.87 Å². The number of benzene rings is 1. The van der Waals surface area contributed by atoms with Crippen LogP contribution in [0.4, 0.5) is 5.69 Å². The van der Waals surface area contributed by atoms with Crippen molar-refractivity contribution in [3.05, 3.63) is 50.1 Å². The number of rotatable bonds is 2. The monoisotopic (exact) mass is 247 g/mol. The van der Waals surface area contributed by atoms with E-state index < -0.39 is 0 Å². The number of nitrogen functional groups attached to an aromatic ring is 1. The van der Waals surface area contributed by atoms with Crippen LogP contribution in [-0.2, 0) is 19.6 Å². The molecule has 0 saturated carbocycles. The minimum atomic E-state index is 0.0104. The number of aromatic nitrogens is 1. The van der Waals surface area contributed by atoms with Crippen molar-refractivity contribution in [1.82, 2.24) is 9.88 Å². The summed E-state index contributed by atoms with van der Waals surface area (Å²) in [7, 11) is 0. The molecule has 1 aliphatic heterocycles. The molecule has 0 fully saturated rings. The Labute approximate surface area is 103 Å². The molecule has 0 amide bonds. The van der Waals surface area contributed by atoms with Gasteiger partial charge in [-0.15, -0.1) is 0 Å². The number of nitrogens with two attached hydrogens (primary N) is 1. The fraction of sp³-hybridized carbons (Fsp3) is 0.250. The smallest absolute Gasteiger partial charge is 0.304 e. The second kappa shape index (κ2) is 4.01. The lowest BCUT2D eigenvalue weighted by molar-refractivity contribution is 0.272. The summed E-state index contributed by atoms with van der Waals surface area (Å²) in [5.41, 5.74) is 10.3. The van der Waals surface area contributed by atoms with Gasteiger partial charge in [0.15, 0.2) is 0 Å². The third-order valence-corrected chi connectivity index (χ3v) is 3.77. The molecule has 88 valence electrons. The van der Waals surface area contributed by atoms with Crippen LogP contribution in [0.1, 0.15) is 16.8 Å². The average Bonchev–Trinajstić information content (AvgIpc) is 2.86. The van der Waals surface area contributed by atoms with E-state index in [9.17, 15) is 4.79 Å². The third kappa shape index (κ3) is 1.99. The fourth-order valence-corrected chi connectivity index (χ4v) is 2.83. The van der Waals surface area contributed by atoms with E-state index >= 15 is 0 Å². The van der Waals surface area contributed by atoms with Gasteiger partial charge in [-0.25, -0.2) is 0 Å². The molecule has 5 heteroatoms. The quantitative estimate of drug-likeness (QED) is 0.791. The zero-order chi connectivity index (χ0) is 11.8. The van der Waals surface area contributed by atoms with E-state index in [0.29, 0.717) is 0 Å². The van der Waals surface area contributed by atoms with Gasteiger partial charge in [-0.2, -0.15) is 0 Å². The van der Waals surface area contributed by atoms with Gasteiger partial charge in [-0.05, 0) is 17.2 Å². The van der Waals surface area contributed by atoms with Crippen molar-refractivity contribution in [3.8, 4) is 0 Å². The van der Waals surface area contributed by atoms with Crippen molar-refractivity contribution in [2.24, 2.45) is 0 Å². The van der Waals surface area contributed by atoms with Crippen LogP contribution in [0.3, 0.4) is 0 Å². The normalized spacial score (nSPS) is 15.1. The number of nitrogens with one attached hydrogen (secondary N) is 1. The minimum Gasteiger partial charge on any atom is -0.398 e. The lowest BCUT2D eigenvalue weighted by atomic mass is 10.1. The van der Waals surface area contributed by atoms with Crippen molar-refractivity contribution in [1.29, 1.82) is 0 Å². The highest BCUT2D eigenvalue weighted by Gasteiger charge is 2.20. The van der Waals surface area contributed by atoms with Gasteiger partial charge >= 0.3 is 4.87 Å². The molecule has 0 unspecified atom stereocenters. The molecule has 0 radical (unpaired) electrons. The first-order chi connectivity index (χ1) is 8.22. The Balaban J connectivity index is 1.78. The number of aromatic amines is 1. The molecule has 2 heterocycles. The first-order valence-electron chi connectivity index (χ1n) is 5.47. The maximum absolute atomic E-state index is 11.1. The van der Waals surface area contributed by atoms with Gasteiger partial charge in [-0.1, -0.05) is 23.5 Å². The van der Waals surface area contributed by atoms with Gasteiger partial charge in [0.2, 0.25) is 0 Å². The molecule has 0 spiro atoms. The standard InChI is InChI=1S/C12H13N3OS/c13-11-3-1-2-8-4-15(6-10(8)11)5-9-7-17-12(16)14-9/h1-3,7H,4-6,13H2,(H,14,16). The molecule has 0 bridgehead atoms. The molecule has 1 aromatic heterocycles. The largest absolute Gasteiger partial charge is 0.398 e. The van der Waals surface area contributed by atoms with E-state index in [1.54, 1.807) is 0 Å².